The first-order chi connectivity index (χ1) is 14.5. The number of carbonyl (C=O) groups excluding carboxylic acids is 2. The Bertz CT molecular complexity index is 941. The molecule has 2 aromatic rings. The number of hydrogen-bond acceptors (Lipinski definition) is 5. The Labute approximate surface area is 174 Å². The third kappa shape index (κ3) is 5.32. The minimum Gasteiger partial charge on any atom is -0.355 e. The summed E-state index contributed by atoms with van der Waals surface area (Å²) < 4.78 is 13.4. The fourth-order valence-electron chi connectivity index (χ4n) is 3.83. The van der Waals surface area contributed by atoms with Gasteiger partial charge in [-0.2, -0.15) is 5.26 Å². The maximum atomic E-state index is 13.4. The number of halogens is 1. The van der Waals surface area contributed by atoms with Gasteiger partial charge in [0.05, 0.1) is 12.1 Å². The van der Waals surface area contributed by atoms with Crippen LogP contribution in [0, 0.1) is 23.1 Å². The maximum absolute atomic E-state index is 13.4. The van der Waals surface area contributed by atoms with E-state index in [9.17, 15) is 19.2 Å². The molecule has 1 aromatic heterocycles. The van der Waals surface area contributed by atoms with Crippen LogP contribution in [-0.2, 0) is 9.59 Å². The van der Waals surface area contributed by atoms with Gasteiger partial charge in [0.1, 0.15) is 17.7 Å². The van der Waals surface area contributed by atoms with Gasteiger partial charge in [-0.25, -0.2) is 9.37 Å². The third-order valence-electron chi connectivity index (χ3n) is 5.30. The summed E-state index contributed by atoms with van der Waals surface area (Å²) >= 11 is 0. The average Bonchev–Trinajstić information content (AvgIpc) is 2.76. The first-order valence-electron chi connectivity index (χ1n) is 9.84. The van der Waals surface area contributed by atoms with Crippen molar-refractivity contribution in [2.24, 2.45) is 5.92 Å². The van der Waals surface area contributed by atoms with E-state index >= 15 is 0 Å². The van der Waals surface area contributed by atoms with Gasteiger partial charge in [-0.1, -0.05) is 12.1 Å². The van der Waals surface area contributed by atoms with Crippen molar-refractivity contribution in [3.05, 3.63) is 59.5 Å². The number of nitriles is 1. The van der Waals surface area contributed by atoms with Crippen LogP contribution in [0.3, 0.4) is 0 Å². The quantitative estimate of drug-likeness (QED) is 0.760. The predicted octanol–water partition coefficient (Wildman–Crippen LogP) is 1.95. The van der Waals surface area contributed by atoms with Crippen molar-refractivity contribution >= 4 is 17.6 Å². The molecule has 0 unspecified atom stereocenters. The maximum Gasteiger partial charge on any atom is 0.239 e. The summed E-state index contributed by atoms with van der Waals surface area (Å²) in [7, 11) is 0. The van der Waals surface area contributed by atoms with Crippen LogP contribution in [0.1, 0.15) is 30.4 Å². The Morgan fingerprint density at radius 2 is 2.03 bits per heavy atom. The molecule has 1 aliphatic rings. The molecule has 30 heavy (non-hydrogen) atoms. The summed E-state index contributed by atoms with van der Waals surface area (Å²) in [6.07, 6.45) is 2.44. The van der Waals surface area contributed by atoms with E-state index in [0.717, 1.165) is 12.0 Å². The molecule has 2 amide bonds. The van der Waals surface area contributed by atoms with Gasteiger partial charge in [0, 0.05) is 38.7 Å². The van der Waals surface area contributed by atoms with E-state index < -0.39 is 0 Å². The second kappa shape index (κ2) is 9.83. The largest absolute Gasteiger partial charge is 0.355 e. The van der Waals surface area contributed by atoms with Crippen LogP contribution >= 0.6 is 0 Å². The summed E-state index contributed by atoms with van der Waals surface area (Å²) in [5, 5.41) is 14.8. The molecule has 1 aromatic carbocycles. The minimum atomic E-state index is -0.288. The molecule has 1 saturated heterocycles. The van der Waals surface area contributed by atoms with Crippen molar-refractivity contribution in [1.82, 2.24) is 15.6 Å². The summed E-state index contributed by atoms with van der Waals surface area (Å²) in [6.45, 7) is 2.96. The first kappa shape index (κ1) is 21.2. The van der Waals surface area contributed by atoms with Crippen LogP contribution in [0.2, 0.25) is 0 Å². The molecule has 0 spiro atoms. The van der Waals surface area contributed by atoms with Gasteiger partial charge in [0.2, 0.25) is 11.8 Å². The highest BCUT2D eigenvalue weighted by Crippen LogP contribution is 2.35. The molecule has 8 heteroatoms. The topological polar surface area (TPSA) is 98.1 Å². The lowest BCUT2D eigenvalue weighted by Gasteiger charge is -2.40. The number of amides is 2. The van der Waals surface area contributed by atoms with Gasteiger partial charge in [-0.05, 0) is 42.2 Å². The molecule has 2 heterocycles. The van der Waals surface area contributed by atoms with Crippen LogP contribution in [0.4, 0.5) is 10.2 Å². The number of rotatable bonds is 6. The molecule has 0 saturated carbocycles. The van der Waals surface area contributed by atoms with Crippen molar-refractivity contribution in [2.45, 2.75) is 19.3 Å². The molecule has 7 nitrogen and oxygen atoms in total. The zero-order valence-corrected chi connectivity index (χ0v) is 16.8. The molecule has 2 N–H and O–H groups in total. The van der Waals surface area contributed by atoms with Crippen molar-refractivity contribution in [1.29, 1.82) is 5.26 Å². The van der Waals surface area contributed by atoms with Gasteiger partial charge in [-0.3, -0.25) is 9.59 Å². The summed E-state index contributed by atoms with van der Waals surface area (Å²) in [5.74, 6) is -0.0417. The molecular weight excluding hydrogens is 385 g/mol. The minimum absolute atomic E-state index is 0.0269. The Morgan fingerprint density at radius 3 is 2.73 bits per heavy atom. The van der Waals surface area contributed by atoms with E-state index in [0.29, 0.717) is 31.0 Å². The molecule has 2 atom stereocenters. The summed E-state index contributed by atoms with van der Waals surface area (Å²) in [5.41, 5.74) is 1.52. The van der Waals surface area contributed by atoms with Gasteiger partial charge in [0.25, 0.3) is 0 Å². The van der Waals surface area contributed by atoms with Gasteiger partial charge >= 0.3 is 0 Å². The number of anilines is 1. The molecule has 0 radical (unpaired) electrons. The van der Waals surface area contributed by atoms with E-state index in [1.807, 2.05) is 0 Å². The standard InChI is InChI=1S/C22H24FN5O2/c1-15(29)26-13-21(30)27-12-18-14-28(22-17(11-24)3-2-9-25-22)10-8-20(18)16-4-6-19(23)7-5-16/h2-7,9,18,20H,8,10,12-14H2,1H3,(H,26,29)(H,27,30)/t18-,20-/m1/s1. The van der Waals surface area contributed by atoms with Gasteiger partial charge in [-0.15, -0.1) is 0 Å². The summed E-state index contributed by atoms with van der Waals surface area (Å²) in [4.78, 5) is 29.5. The van der Waals surface area contributed by atoms with Crippen molar-refractivity contribution in [3.8, 4) is 6.07 Å². The van der Waals surface area contributed by atoms with Gasteiger partial charge in [0.15, 0.2) is 0 Å². The molecule has 1 aliphatic heterocycles. The van der Waals surface area contributed by atoms with Crippen molar-refractivity contribution < 1.29 is 14.0 Å². The fraction of sp³-hybridized carbons (Fsp3) is 0.364. The monoisotopic (exact) mass is 409 g/mol. The Hall–Kier alpha value is -3.47. The number of pyridine rings is 1. The highest BCUT2D eigenvalue weighted by molar-refractivity contribution is 5.83. The third-order valence-corrected chi connectivity index (χ3v) is 5.30. The average molecular weight is 409 g/mol. The molecular formula is C22H24FN5O2. The lowest BCUT2D eigenvalue weighted by Crippen LogP contribution is -2.46. The Morgan fingerprint density at radius 1 is 1.27 bits per heavy atom. The zero-order chi connectivity index (χ0) is 21.5. The number of carbonyl (C=O) groups is 2. The Kier molecular flexibility index (Phi) is 6.96. The predicted molar refractivity (Wildman–Crippen MR) is 110 cm³/mol. The first-order valence-corrected chi connectivity index (χ1v) is 9.84. The number of benzene rings is 1. The number of nitrogens with zero attached hydrogens (tertiary/aromatic N) is 3. The van der Waals surface area contributed by atoms with Crippen LogP contribution in [0.25, 0.3) is 0 Å². The smallest absolute Gasteiger partial charge is 0.239 e. The lowest BCUT2D eigenvalue weighted by atomic mass is 9.80. The van der Waals surface area contributed by atoms with Crippen LogP contribution in [0.5, 0.6) is 0 Å². The van der Waals surface area contributed by atoms with Crippen LogP contribution in [0.15, 0.2) is 42.6 Å². The number of nitrogens with one attached hydrogen (secondary N) is 2. The van der Waals surface area contributed by atoms with Crippen LogP contribution in [-0.4, -0.2) is 43.0 Å². The molecule has 0 bridgehead atoms. The van der Waals surface area contributed by atoms with E-state index in [4.69, 9.17) is 0 Å². The Balaban J connectivity index is 1.77. The number of aromatic nitrogens is 1. The van der Waals surface area contributed by atoms with Crippen LogP contribution < -0.4 is 15.5 Å². The normalized spacial score (nSPS) is 18.4. The fourth-order valence-corrected chi connectivity index (χ4v) is 3.83. The lowest BCUT2D eigenvalue weighted by molar-refractivity contribution is -0.125. The highest BCUT2D eigenvalue weighted by Gasteiger charge is 2.32. The molecule has 1 fully saturated rings. The van der Waals surface area contributed by atoms with E-state index in [1.54, 1.807) is 30.5 Å². The SMILES string of the molecule is CC(=O)NCC(=O)NC[C@@H]1CN(c2ncccc2C#N)CC[C@@H]1c1ccc(F)cc1. The van der Waals surface area contributed by atoms with E-state index in [1.165, 1.54) is 19.1 Å². The van der Waals surface area contributed by atoms with Gasteiger partial charge < -0.3 is 15.5 Å². The van der Waals surface area contributed by atoms with E-state index in [2.05, 4.69) is 26.6 Å². The molecule has 0 aliphatic carbocycles. The van der Waals surface area contributed by atoms with Crippen molar-refractivity contribution in [2.75, 3.05) is 31.1 Å². The number of piperidine rings is 1. The zero-order valence-electron chi connectivity index (χ0n) is 16.8. The van der Waals surface area contributed by atoms with E-state index in [-0.39, 0.29) is 36.0 Å². The molecule has 156 valence electrons. The summed E-state index contributed by atoms with van der Waals surface area (Å²) in [6, 6.07) is 12.1. The molecule has 3 rings (SSSR count). The second-order valence-electron chi connectivity index (χ2n) is 7.35. The highest BCUT2D eigenvalue weighted by atomic mass is 19.1. The van der Waals surface area contributed by atoms with Crippen molar-refractivity contribution in [3.63, 3.8) is 0 Å². The second-order valence-corrected chi connectivity index (χ2v) is 7.35. The number of hydrogen-bond donors (Lipinski definition) is 2.